The molecule has 1 aliphatic heterocycles. The van der Waals surface area contributed by atoms with Crippen molar-refractivity contribution in [1.82, 2.24) is 0 Å². The zero-order valence-electron chi connectivity index (χ0n) is 23.7. The summed E-state index contributed by atoms with van der Waals surface area (Å²) in [6, 6.07) is 39.1. The van der Waals surface area contributed by atoms with Gasteiger partial charge in [0.15, 0.2) is 5.76 Å². The Labute approximate surface area is 250 Å². The minimum Gasteiger partial charge on any atom is -0.508 e. The van der Waals surface area contributed by atoms with Gasteiger partial charge in [0, 0.05) is 22.9 Å². The molecule has 0 saturated heterocycles. The van der Waals surface area contributed by atoms with Crippen LogP contribution in [0.25, 0.3) is 11.0 Å². The summed E-state index contributed by atoms with van der Waals surface area (Å²) in [5.41, 5.74) is 9.29. The maximum Gasteiger partial charge on any atom is 0.228 e. The Morgan fingerprint density at radius 3 is 2.42 bits per heavy atom. The Morgan fingerprint density at radius 1 is 0.860 bits per heavy atom. The summed E-state index contributed by atoms with van der Waals surface area (Å²) in [5, 5.41) is 15.6. The highest BCUT2D eigenvalue weighted by Crippen LogP contribution is 2.39. The molecule has 1 aliphatic rings. The van der Waals surface area contributed by atoms with Crippen LogP contribution >= 0.6 is 0 Å². The first-order valence-corrected chi connectivity index (χ1v) is 14.4. The number of carbonyl (C=O) groups excluding carboxylic acids is 1. The maximum absolute atomic E-state index is 12.9. The number of aryl methyl sites for hydroxylation is 1. The van der Waals surface area contributed by atoms with E-state index in [2.05, 4.69) is 48.6 Å². The van der Waals surface area contributed by atoms with Gasteiger partial charge in [-0.15, -0.1) is 0 Å². The number of hydrogen-bond acceptors (Lipinski definition) is 5. The van der Waals surface area contributed by atoms with Gasteiger partial charge in [0.05, 0.1) is 23.1 Å². The van der Waals surface area contributed by atoms with Gasteiger partial charge in [-0.1, -0.05) is 78.9 Å². The van der Waals surface area contributed by atoms with Crippen molar-refractivity contribution in [2.75, 3.05) is 5.32 Å². The first-order chi connectivity index (χ1) is 21.0. The summed E-state index contributed by atoms with van der Waals surface area (Å²) in [7, 11) is 0. The van der Waals surface area contributed by atoms with Crippen molar-refractivity contribution in [2.45, 2.75) is 25.8 Å². The van der Waals surface area contributed by atoms with Gasteiger partial charge in [-0.3, -0.25) is 9.79 Å². The molecule has 0 bridgehead atoms. The Hall–Kier alpha value is -5.42. The number of furan rings is 1. The highest BCUT2D eigenvalue weighted by molar-refractivity contribution is 6.09. The third-order valence-electron chi connectivity index (χ3n) is 7.96. The first kappa shape index (κ1) is 26.5. The monoisotopic (exact) mass is 562 g/mol. The zero-order chi connectivity index (χ0) is 29.3. The molecule has 1 unspecified atom stereocenters. The van der Waals surface area contributed by atoms with Crippen LogP contribution in [0.1, 0.15) is 56.4 Å². The van der Waals surface area contributed by atoms with Crippen molar-refractivity contribution in [3.8, 4) is 5.75 Å². The highest BCUT2D eigenvalue weighted by atomic mass is 16.3. The van der Waals surface area contributed by atoms with Crippen LogP contribution in [-0.2, 0) is 6.42 Å². The molecule has 7 rings (SSSR count). The number of nitrogens with zero attached hydrogens (tertiary/aromatic N) is 1. The van der Waals surface area contributed by atoms with Crippen LogP contribution in [0, 0.1) is 6.92 Å². The normalized spacial score (nSPS) is 14.4. The molecule has 0 fully saturated rings. The lowest BCUT2D eigenvalue weighted by atomic mass is 9.93. The fourth-order valence-corrected chi connectivity index (χ4v) is 5.76. The van der Waals surface area contributed by atoms with Crippen molar-refractivity contribution < 1.29 is 14.3 Å². The number of fused-ring (bicyclic) bond motifs is 2. The van der Waals surface area contributed by atoms with Gasteiger partial charge in [0.2, 0.25) is 5.78 Å². The van der Waals surface area contributed by atoms with E-state index in [4.69, 9.17) is 9.41 Å². The fraction of sp³-hybridized carbons (Fsp3) is 0.105. The number of nitrogens with one attached hydrogen (secondary N) is 1. The molecule has 0 spiro atoms. The average molecular weight is 563 g/mol. The van der Waals surface area contributed by atoms with E-state index in [0.29, 0.717) is 29.7 Å². The summed E-state index contributed by atoms with van der Waals surface area (Å²) < 4.78 is 5.90. The standard InChI is InChI=1S/C38H30N2O3/c1-24-12-15-31-34(18-24)40-33(23-32(39-31)27-8-4-2-5-9-27)30-21-26(13-16-35(30)41)19-25-14-17-36-29(20-25)22-37(43-36)38(42)28-10-6-3-7-11-28/h2-18,20-22,33,40-41H,19,23H2,1H3. The molecule has 6 aromatic rings. The molecule has 0 aliphatic carbocycles. The summed E-state index contributed by atoms with van der Waals surface area (Å²) in [4.78, 5) is 18.0. The van der Waals surface area contributed by atoms with Crippen molar-refractivity contribution >= 4 is 33.8 Å². The van der Waals surface area contributed by atoms with E-state index in [1.165, 1.54) is 0 Å². The van der Waals surface area contributed by atoms with E-state index >= 15 is 0 Å². The van der Waals surface area contributed by atoms with Crippen LogP contribution in [0.3, 0.4) is 0 Å². The van der Waals surface area contributed by atoms with Gasteiger partial charge in [0.25, 0.3) is 0 Å². The number of benzene rings is 5. The molecular formula is C38H30N2O3. The quantitative estimate of drug-likeness (QED) is 0.199. The number of rotatable bonds is 6. The second-order valence-electron chi connectivity index (χ2n) is 11.1. The summed E-state index contributed by atoms with van der Waals surface area (Å²) in [6.07, 6.45) is 1.28. The van der Waals surface area contributed by atoms with Gasteiger partial charge in [-0.25, -0.2) is 0 Å². The third kappa shape index (κ3) is 5.45. The summed E-state index contributed by atoms with van der Waals surface area (Å²) in [6.45, 7) is 2.07. The molecule has 1 atom stereocenters. The van der Waals surface area contributed by atoms with Crippen LogP contribution in [0.15, 0.2) is 131 Å². The number of phenolic OH excluding ortho intramolecular Hbond substituents is 1. The van der Waals surface area contributed by atoms with Crippen LogP contribution in [-0.4, -0.2) is 16.6 Å². The molecule has 210 valence electrons. The van der Waals surface area contributed by atoms with Crippen molar-refractivity contribution in [1.29, 1.82) is 0 Å². The van der Waals surface area contributed by atoms with Crippen molar-refractivity contribution in [3.63, 3.8) is 0 Å². The van der Waals surface area contributed by atoms with E-state index in [1.54, 1.807) is 18.2 Å². The van der Waals surface area contributed by atoms with Crippen molar-refractivity contribution in [3.05, 3.63) is 160 Å². The first-order valence-electron chi connectivity index (χ1n) is 14.4. The number of ketones is 1. The van der Waals surface area contributed by atoms with Gasteiger partial charge < -0.3 is 14.8 Å². The van der Waals surface area contributed by atoms with E-state index in [-0.39, 0.29) is 17.6 Å². The second kappa shape index (κ2) is 11.1. The van der Waals surface area contributed by atoms with Crippen LogP contribution in [0.4, 0.5) is 11.4 Å². The van der Waals surface area contributed by atoms with E-state index in [0.717, 1.165) is 50.3 Å². The number of aliphatic imine (C=N–C) groups is 1. The molecule has 2 N–H and O–H groups in total. The summed E-state index contributed by atoms with van der Waals surface area (Å²) >= 11 is 0. The highest BCUT2D eigenvalue weighted by Gasteiger charge is 2.24. The van der Waals surface area contributed by atoms with E-state index in [1.807, 2.05) is 66.7 Å². The zero-order valence-corrected chi connectivity index (χ0v) is 23.7. The molecule has 5 nitrogen and oxygen atoms in total. The van der Waals surface area contributed by atoms with Crippen LogP contribution < -0.4 is 5.32 Å². The predicted molar refractivity (Wildman–Crippen MR) is 172 cm³/mol. The molecule has 1 aromatic heterocycles. The van der Waals surface area contributed by atoms with E-state index < -0.39 is 0 Å². The molecule has 0 saturated carbocycles. The minimum atomic E-state index is -0.176. The molecule has 0 radical (unpaired) electrons. The smallest absolute Gasteiger partial charge is 0.228 e. The molecule has 5 aromatic carbocycles. The number of anilines is 1. The number of aromatic hydroxyl groups is 1. The Balaban J connectivity index is 1.19. The predicted octanol–water partition coefficient (Wildman–Crippen LogP) is 8.95. The van der Waals surface area contributed by atoms with E-state index in [9.17, 15) is 9.90 Å². The van der Waals surface area contributed by atoms with Gasteiger partial charge in [-0.05, 0) is 78.1 Å². The van der Waals surface area contributed by atoms with Gasteiger partial charge in [-0.2, -0.15) is 0 Å². The van der Waals surface area contributed by atoms with Gasteiger partial charge in [0.1, 0.15) is 11.3 Å². The molecule has 5 heteroatoms. The van der Waals surface area contributed by atoms with Gasteiger partial charge >= 0.3 is 0 Å². The second-order valence-corrected chi connectivity index (χ2v) is 11.1. The Kier molecular flexibility index (Phi) is 6.84. The fourth-order valence-electron chi connectivity index (χ4n) is 5.76. The average Bonchev–Trinajstić information content (AvgIpc) is 3.37. The number of phenols is 1. The summed E-state index contributed by atoms with van der Waals surface area (Å²) in [5.74, 6) is 0.447. The lowest BCUT2D eigenvalue weighted by Gasteiger charge is -2.21. The third-order valence-corrected chi connectivity index (χ3v) is 7.96. The maximum atomic E-state index is 12.9. The topological polar surface area (TPSA) is 74.8 Å². The van der Waals surface area contributed by atoms with Crippen molar-refractivity contribution in [2.24, 2.45) is 4.99 Å². The number of carbonyl (C=O) groups is 1. The molecule has 0 amide bonds. The molecule has 43 heavy (non-hydrogen) atoms. The minimum absolute atomic E-state index is 0.132. The number of hydrogen-bond donors (Lipinski definition) is 2. The molecular weight excluding hydrogens is 532 g/mol. The van der Waals surface area contributed by atoms with Crippen LogP contribution in [0.5, 0.6) is 5.75 Å². The van der Waals surface area contributed by atoms with Crippen LogP contribution in [0.2, 0.25) is 0 Å². The SMILES string of the molecule is Cc1ccc2c(c1)NC(c1cc(Cc3ccc4oc(C(=O)c5ccccc5)cc4c3)ccc1O)CC(c1ccccc1)=N2. The Bertz CT molecular complexity index is 1990. The lowest BCUT2D eigenvalue weighted by molar-refractivity contribution is 0.101. The lowest BCUT2D eigenvalue weighted by Crippen LogP contribution is -2.15. The molecule has 2 heterocycles. The largest absolute Gasteiger partial charge is 0.508 e. The Morgan fingerprint density at radius 2 is 1.60 bits per heavy atom.